The average molecular weight is 338 g/mol. The molecule has 0 fully saturated rings. The molecule has 0 aliphatic carbocycles. The zero-order chi connectivity index (χ0) is 17.8. The van der Waals surface area contributed by atoms with Crippen LogP contribution in [0.3, 0.4) is 0 Å². The normalized spacial score (nSPS) is 10.4. The van der Waals surface area contributed by atoms with Crippen LogP contribution in [0.5, 0.6) is 0 Å². The Hall–Kier alpha value is -3.55. The Labute approximate surface area is 142 Å². The first-order valence-corrected chi connectivity index (χ1v) is 7.52. The highest BCUT2D eigenvalue weighted by atomic mass is 16.6. The number of carbonyl (C=O) groups is 1. The standard InChI is InChI=1S/C17H14N4O4/c1-2-25-17(22)16-7-9-19-20(16)13-6-8-18-15(11-13)12-4-3-5-14(10-12)21(23)24/h3-11H,2H2,1H3. The van der Waals surface area contributed by atoms with Gasteiger partial charge < -0.3 is 4.74 Å². The lowest BCUT2D eigenvalue weighted by atomic mass is 10.1. The van der Waals surface area contributed by atoms with E-state index in [1.807, 2.05) is 0 Å². The number of esters is 1. The zero-order valence-corrected chi connectivity index (χ0v) is 13.3. The van der Waals surface area contributed by atoms with Gasteiger partial charge in [-0.3, -0.25) is 15.1 Å². The van der Waals surface area contributed by atoms with Crippen LogP contribution in [0.2, 0.25) is 0 Å². The van der Waals surface area contributed by atoms with Crippen molar-refractivity contribution in [3.05, 3.63) is 70.7 Å². The first kappa shape index (κ1) is 16.3. The van der Waals surface area contributed by atoms with Crippen LogP contribution in [0.1, 0.15) is 17.4 Å². The molecule has 1 aromatic carbocycles. The molecule has 0 atom stereocenters. The van der Waals surface area contributed by atoms with Crippen LogP contribution in [0.25, 0.3) is 16.9 Å². The molecule has 2 heterocycles. The highest BCUT2D eigenvalue weighted by molar-refractivity contribution is 5.88. The highest BCUT2D eigenvalue weighted by Gasteiger charge is 2.15. The lowest BCUT2D eigenvalue weighted by Crippen LogP contribution is -2.12. The Morgan fingerprint density at radius 1 is 1.24 bits per heavy atom. The SMILES string of the molecule is CCOC(=O)c1ccnn1-c1ccnc(-c2cccc([N+](=O)[O-])c2)c1. The van der Waals surface area contributed by atoms with Gasteiger partial charge in [0, 0.05) is 23.9 Å². The molecule has 0 saturated carbocycles. The molecular formula is C17H14N4O4. The molecule has 0 radical (unpaired) electrons. The minimum absolute atomic E-state index is 0.0176. The Morgan fingerprint density at radius 3 is 2.84 bits per heavy atom. The van der Waals surface area contributed by atoms with Crippen molar-refractivity contribution in [1.82, 2.24) is 14.8 Å². The van der Waals surface area contributed by atoms with Crippen LogP contribution in [-0.2, 0) is 4.74 Å². The summed E-state index contributed by atoms with van der Waals surface area (Å²) < 4.78 is 6.46. The zero-order valence-electron chi connectivity index (χ0n) is 13.3. The number of hydrogen-bond acceptors (Lipinski definition) is 6. The average Bonchev–Trinajstić information content (AvgIpc) is 3.12. The fourth-order valence-electron chi connectivity index (χ4n) is 2.36. The molecule has 0 amide bonds. The number of carbonyl (C=O) groups excluding carboxylic acids is 1. The van der Waals surface area contributed by atoms with Crippen molar-refractivity contribution in [3.8, 4) is 16.9 Å². The van der Waals surface area contributed by atoms with Gasteiger partial charge in [0.1, 0.15) is 0 Å². The van der Waals surface area contributed by atoms with Crippen molar-refractivity contribution in [2.75, 3.05) is 6.61 Å². The van der Waals surface area contributed by atoms with E-state index in [0.29, 0.717) is 16.9 Å². The Kier molecular flexibility index (Phi) is 4.51. The Bertz CT molecular complexity index is 936. The summed E-state index contributed by atoms with van der Waals surface area (Å²) in [6.07, 6.45) is 3.06. The monoisotopic (exact) mass is 338 g/mol. The molecule has 8 heteroatoms. The van der Waals surface area contributed by atoms with E-state index in [2.05, 4.69) is 10.1 Å². The van der Waals surface area contributed by atoms with E-state index in [1.54, 1.807) is 43.5 Å². The molecule has 3 rings (SSSR count). The molecular weight excluding hydrogens is 324 g/mol. The summed E-state index contributed by atoms with van der Waals surface area (Å²) in [5.74, 6) is -0.478. The molecule has 25 heavy (non-hydrogen) atoms. The maximum atomic E-state index is 12.0. The molecule has 0 saturated heterocycles. The molecule has 0 aliphatic rings. The fourth-order valence-corrected chi connectivity index (χ4v) is 2.36. The molecule has 2 aromatic heterocycles. The third-order valence-electron chi connectivity index (χ3n) is 3.47. The first-order chi connectivity index (χ1) is 12.1. The number of nitrogens with zero attached hydrogens (tertiary/aromatic N) is 4. The van der Waals surface area contributed by atoms with E-state index in [9.17, 15) is 14.9 Å². The largest absolute Gasteiger partial charge is 0.461 e. The topological polar surface area (TPSA) is 100 Å². The number of ether oxygens (including phenoxy) is 1. The van der Waals surface area contributed by atoms with E-state index in [1.165, 1.54) is 23.0 Å². The number of non-ortho nitro benzene ring substituents is 1. The first-order valence-electron chi connectivity index (χ1n) is 7.52. The molecule has 0 N–H and O–H groups in total. The summed E-state index contributed by atoms with van der Waals surface area (Å²) in [6, 6.07) is 11.1. The fraction of sp³-hybridized carbons (Fsp3) is 0.118. The van der Waals surface area contributed by atoms with Gasteiger partial charge in [0.05, 0.1) is 29.1 Å². The summed E-state index contributed by atoms with van der Waals surface area (Å²) in [7, 11) is 0. The third kappa shape index (κ3) is 3.37. The van der Waals surface area contributed by atoms with Crippen molar-refractivity contribution in [2.45, 2.75) is 6.92 Å². The lowest BCUT2D eigenvalue weighted by molar-refractivity contribution is -0.384. The number of hydrogen-bond donors (Lipinski definition) is 0. The molecule has 8 nitrogen and oxygen atoms in total. The van der Waals surface area contributed by atoms with Crippen LogP contribution in [0.4, 0.5) is 5.69 Å². The summed E-state index contributed by atoms with van der Waals surface area (Å²) in [4.78, 5) is 26.7. The van der Waals surface area contributed by atoms with Gasteiger partial charge in [0.15, 0.2) is 5.69 Å². The van der Waals surface area contributed by atoms with E-state index >= 15 is 0 Å². The van der Waals surface area contributed by atoms with Gasteiger partial charge in [0.25, 0.3) is 5.69 Å². The Morgan fingerprint density at radius 2 is 2.08 bits per heavy atom. The summed E-state index contributed by atoms with van der Waals surface area (Å²) >= 11 is 0. The molecule has 0 bridgehead atoms. The van der Waals surface area contributed by atoms with E-state index in [0.717, 1.165) is 0 Å². The molecule has 0 unspecified atom stereocenters. The van der Waals surface area contributed by atoms with E-state index < -0.39 is 10.9 Å². The number of nitro groups is 1. The van der Waals surface area contributed by atoms with Gasteiger partial charge in [-0.1, -0.05) is 12.1 Å². The van der Waals surface area contributed by atoms with Gasteiger partial charge in [-0.05, 0) is 25.1 Å². The number of nitro benzene ring substituents is 1. The molecule has 126 valence electrons. The van der Waals surface area contributed by atoms with Crippen LogP contribution >= 0.6 is 0 Å². The van der Waals surface area contributed by atoms with Crippen molar-refractivity contribution < 1.29 is 14.5 Å². The van der Waals surface area contributed by atoms with Gasteiger partial charge in [-0.25, -0.2) is 9.48 Å². The summed E-state index contributed by atoms with van der Waals surface area (Å²) in [6.45, 7) is 1.99. The lowest BCUT2D eigenvalue weighted by Gasteiger charge is -2.08. The van der Waals surface area contributed by atoms with Crippen molar-refractivity contribution >= 4 is 11.7 Å². The smallest absolute Gasteiger partial charge is 0.357 e. The second kappa shape index (κ2) is 6.91. The van der Waals surface area contributed by atoms with Crippen LogP contribution in [-0.4, -0.2) is 32.3 Å². The maximum Gasteiger partial charge on any atom is 0.357 e. The highest BCUT2D eigenvalue weighted by Crippen LogP contribution is 2.24. The number of rotatable bonds is 5. The second-order valence-electron chi connectivity index (χ2n) is 5.06. The number of aromatic nitrogens is 3. The van der Waals surface area contributed by atoms with Crippen molar-refractivity contribution in [1.29, 1.82) is 0 Å². The third-order valence-corrected chi connectivity index (χ3v) is 3.47. The van der Waals surface area contributed by atoms with Crippen molar-refractivity contribution in [3.63, 3.8) is 0 Å². The maximum absolute atomic E-state index is 12.0. The second-order valence-corrected chi connectivity index (χ2v) is 5.06. The summed E-state index contributed by atoms with van der Waals surface area (Å²) in [5.41, 5.74) is 2.01. The predicted octanol–water partition coefficient (Wildman–Crippen LogP) is 3.02. The summed E-state index contributed by atoms with van der Waals surface area (Å²) in [5, 5.41) is 15.1. The van der Waals surface area contributed by atoms with Crippen molar-refractivity contribution in [2.24, 2.45) is 0 Å². The van der Waals surface area contributed by atoms with Gasteiger partial charge in [0.2, 0.25) is 0 Å². The minimum atomic E-state index is -0.478. The molecule has 3 aromatic rings. The van der Waals surface area contributed by atoms with Gasteiger partial charge in [-0.2, -0.15) is 5.10 Å². The van der Waals surface area contributed by atoms with E-state index in [4.69, 9.17) is 4.74 Å². The number of pyridine rings is 1. The van der Waals surface area contributed by atoms with Crippen LogP contribution in [0.15, 0.2) is 54.9 Å². The van der Waals surface area contributed by atoms with Crippen LogP contribution < -0.4 is 0 Å². The quantitative estimate of drug-likeness (QED) is 0.403. The molecule has 0 aliphatic heterocycles. The van der Waals surface area contributed by atoms with Crippen LogP contribution in [0, 0.1) is 10.1 Å². The van der Waals surface area contributed by atoms with Gasteiger partial charge in [-0.15, -0.1) is 0 Å². The Balaban J connectivity index is 2.01. The van der Waals surface area contributed by atoms with Gasteiger partial charge >= 0.3 is 5.97 Å². The number of benzene rings is 1. The molecule has 0 spiro atoms. The van der Waals surface area contributed by atoms with E-state index in [-0.39, 0.29) is 18.0 Å². The predicted molar refractivity (Wildman–Crippen MR) is 89.4 cm³/mol. The minimum Gasteiger partial charge on any atom is -0.461 e.